The first-order valence-electron chi connectivity index (χ1n) is 10.3. The van der Waals surface area contributed by atoms with Crippen molar-refractivity contribution >= 4 is 12.1 Å². The number of carbonyl (C=O) groups excluding carboxylic acids is 2. The minimum atomic E-state index is -1.80. The Morgan fingerprint density at radius 2 is 1.59 bits per heavy atom. The van der Waals surface area contributed by atoms with Gasteiger partial charge in [0.15, 0.2) is 17.4 Å². The smallest absolute Gasteiger partial charge is 0.407 e. The second-order valence-corrected chi connectivity index (χ2v) is 7.77. The van der Waals surface area contributed by atoms with E-state index in [-0.39, 0.29) is 25.2 Å². The number of nitrogens with one attached hydrogen (secondary N) is 1. The maximum Gasteiger partial charge on any atom is 0.407 e. The lowest BCUT2D eigenvalue weighted by Crippen LogP contribution is -2.47. The molecule has 2 rings (SSSR count). The fraction of sp³-hybridized carbons (Fsp3) is 0.391. The van der Waals surface area contributed by atoms with E-state index in [4.69, 9.17) is 14.2 Å². The third-order valence-corrected chi connectivity index (χ3v) is 4.41. The van der Waals surface area contributed by atoms with Gasteiger partial charge in [-0.2, -0.15) is 8.78 Å². The molecule has 186 valence electrons. The third kappa shape index (κ3) is 8.22. The molecule has 0 saturated carbocycles. The number of esters is 1. The summed E-state index contributed by atoms with van der Waals surface area (Å²) < 4.78 is 69.1. The average molecular weight is 487 g/mol. The summed E-state index contributed by atoms with van der Waals surface area (Å²) in [5, 5.41) is 12.7. The Hall–Kier alpha value is -3.34. The normalized spacial score (nSPS) is 12.7. The zero-order valence-corrected chi connectivity index (χ0v) is 18.5. The number of amides is 1. The molecule has 0 aliphatic carbocycles. The molecule has 0 aliphatic rings. The molecule has 0 radical (unpaired) electrons. The number of ether oxygens (including phenoxy) is 3. The maximum atomic E-state index is 13.8. The highest BCUT2D eigenvalue weighted by atomic mass is 19.2. The number of aliphatic hydroxyl groups is 1. The second kappa shape index (κ2) is 12.8. The lowest BCUT2D eigenvalue weighted by Gasteiger charge is -2.24. The first-order chi connectivity index (χ1) is 16.1. The van der Waals surface area contributed by atoms with Crippen molar-refractivity contribution in [2.45, 2.75) is 39.0 Å². The van der Waals surface area contributed by atoms with Crippen LogP contribution in [0.4, 0.5) is 22.4 Å². The van der Waals surface area contributed by atoms with Crippen LogP contribution < -0.4 is 10.1 Å². The number of aliphatic hydroxyl groups excluding tert-OH is 1. The van der Waals surface area contributed by atoms with Crippen molar-refractivity contribution in [2.75, 3.05) is 13.2 Å². The van der Waals surface area contributed by atoms with E-state index in [2.05, 4.69) is 5.32 Å². The van der Waals surface area contributed by atoms with Gasteiger partial charge in [0.2, 0.25) is 11.6 Å². The van der Waals surface area contributed by atoms with Gasteiger partial charge in [-0.3, -0.25) is 4.79 Å². The molecule has 2 aromatic carbocycles. The number of rotatable bonds is 11. The first kappa shape index (κ1) is 26.9. The quantitative estimate of drug-likeness (QED) is 0.284. The molecule has 0 aliphatic heterocycles. The highest BCUT2D eigenvalue weighted by Crippen LogP contribution is 2.26. The van der Waals surface area contributed by atoms with Crippen molar-refractivity contribution in [3.8, 4) is 5.75 Å². The van der Waals surface area contributed by atoms with E-state index in [1.165, 1.54) is 0 Å². The number of carbonyl (C=O) groups is 2. The van der Waals surface area contributed by atoms with Crippen molar-refractivity contribution in [2.24, 2.45) is 5.92 Å². The monoisotopic (exact) mass is 487 g/mol. The molecule has 0 fully saturated rings. The average Bonchev–Trinajstić information content (AvgIpc) is 2.80. The minimum Gasteiger partial charge on any atom is -0.485 e. The Bertz CT molecular complexity index is 947. The van der Waals surface area contributed by atoms with E-state index in [1.807, 2.05) is 0 Å². The van der Waals surface area contributed by atoms with Crippen molar-refractivity contribution < 1.29 is 46.5 Å². The van der Waals surface area contributed by atoms with Crippen LogP contribution in [0.2, 0.25) is 0 Å². The third-order valence-electron chi connectivity index (χ3n) is 4.41. The zero-order valence-electron chi connectivity index (χ0n) is 18.5. The summed E-state index contributed by atoms with van der Waals surface area (Å²) in [6.45, 7) is 2.65. The largest absolute Gasteiger partial charge is 0.485 e. The van der Waals surface area contributed by atoms with Gasteiger partial charge in [0.1, 0.15) is 19.3 Å². The second-order valence-electron chi connectivity index (χ2n) is 7.77. The lowest BCUT2D eigenvalue weighted by molar-refractivity contribution is -0.146. The van der Waals surface area contributed by atoms with Gasteiger partial charge in [-0.05, 0) is 11.5 Å². The van der Waals surface area contributed by atoms with Crippen LogP contribution >= 0.6 is 0 Å². The first-order valence-corrected chi connectivity index (χ1v) is 10.3. The molecule has 0 bridgehead atoms. The van der Waals surface area contributed by atoms with Gasteiger partial charge in [-0.1, -0.05) is 44.2 Å². The summed E-state index contributed by atoms with van der Waals surface area (Å²) in [4.78, 5) is 24.3. The van der Waals surface area contributed by atoms with Gasteiger partial charge >= 0.3 is 12.1 Å². The Labute approximate surface area is 193 Å². The highest BCUT2D eigenvalue weighted by molar-refractivity contribution is 5.73. The van der Waals surface area contributed by atoms with Gasteiger partial charge in [0, 0.05) is 6.07 Å². The summed E-state index contributed by atoms with van der Waals surface area (Å²) in [6, 6.07) is 7.29. The fourth-order valence-electron chi connectivity index (χ4n) is 2.66. The van der Waals surface area contributed by atoms with Crippen LogP contribution in [-0.2, 0) is 20.9 Å². The molecule has 0 spiro atoms. The van der Waals surface area contributed by atoms with Crippen LogP contribution in [0.1, 0.15) is 25.8 Å². The molecular formula is C23H25F4NO6. The molecule has 0 aromatic heterocycles. The van der Waals surface area contributed by atoms with E-state index in [0.29, 0.717) is 5.56 Å². The predicted octanol–water partition coefficient (Wildman–Crippen LogP) is 3.87. The van der Waals surface area contributed by atoms with Gasteiger partial charge < -0.3 is 24.6 Å². The van der Waals surface area contributed by atoms with Crippen molar-refractivity contribution in [1.82, 2.24) is 5.32 Å². The van der Waals surface area contributed by atoms with Crippen molar-refractivity contribution in [1.29, 1.82) is 0 Å². The fourth-order valence-corrected chi connectivity index (χ4v) is 2.66. The van der Waals surface area contributed by atoms with E-state index in [1.54, 1.807) is 44.2 Å². The lowest BCUT2D eigenvalue weighted by atomic mass is 10.1. The molecule has 2 atom stereocenters. The van der Waals surface area contributed by atoms with Gasteiger partial charge in [0.25, 0.3) is 0 Å². The number of hydrogen-bond acceptors (Lipinski definition) is 6. The number of halogens is 4. The van der Waals surface area contributed by atoms with Crippen LogP contribution in [-0.4, -0.2) is 42.5 Å². The van der Waals surface area contributed by atoms with Crippen LogP contribution in [0, 0.1) is 29.2 Å². The number of alkyl carbamates (subject to hydrolysis) is 1. The van der Waals surface area contributed by atoms with Crippen LogP contribution in [0.3, 0.4) is 0 Å². The standard InChI is InChI=1S/C23H25F4NO6/c1-13(2)10-32-19(30)9-17(28-23(31)34-11-14-6-4-3-5-7-14)18(29)12-33-22-20(26)15(24)8-16(25)21(22)27/h3-8,13,17-18,29H,9-12H2,1-2H3,(H,28,31)/t17-,18?/m0/s1. The van der Waals surface area contributed by atoms with E-state index in [9.17, 15) is 32.3 Å². The minimum absolute atomic E-state index is 0.00574. The van der Waals surface area contributed by atoms with Crippen molar-refractivity contribution in [3.05, 3.63) is 65.2 Å². The van der Waals surface area contributed by atoms with Crippen LogP contribution in [0.25, 0.3) is 0 Å². The Balaban J connectivity index is 2.06. The van der Waals surface area contributed by atoms with Crippen molar-refractivity contribution in [3.63, 3.8) is 0 Å². The van der Waals surface area contributed by atoms with Crippen LogP contribution in [0.5, 0.6) is 5.75 Å². The SMILES string of the molecule is CC(C)COC(=O)C[C@H](NC(=O)OCc1ccccc1)C(O)COc1c(F)c(F)cc(F)c1F. The molecular weight excluding hydrogens is 462 g/mol. The summed E-state index contributed by atoms with van der Waals surface area (Å²) >= 11 is 0. The molecule has 1 amide bonds. The summed E-state index contributed by atoms with van der Waals surface area (Å²) in [7, 11) is 0. The van der Waals surface area contributed by atoms with Gasteiger partial charge in [0.05, 0.1) is 19.1 Å². The number of benzene rings is 2. The topological polar surface area (TPSA) is 94.1 Å². The molecule has 2 N–H and O–H groups in total. The molecule has 34 heavy (non-hydrogen) atoms. The van der Waals surface area contributed by atoms with Crippen LogP contribution in [0.15, 0.2) is 36.4 Å². The summed E-state index contributed by atoms with van der Waals surface area (Å²) in [6.07, 6.45) is -3.28. The summed E-state index contributed by atoms with van der Waals surface area (Å²) in [5.41, 5.74) is 0.675. The Kier molecular flexibility index (Phi) is 10.1. The van der Waals surface area contributed by atoms with Gasteiger partial charge in [-0.15, -0.1) is 0 Å². The molecule has 1 unspecified atom stereocenters. The predicted molar refractivity (Wildman–Crippen MR) is 112 cm³/mol. The van der Waals surface area contributed by atoms with E-state index < -0.39 is 66.3 Å². The molecule has 0 heterocycles. The zero-order chi connectivity index (χ0) is 25.3. The van der Waals surface area contributed by atoms with E-state index >= 15 is 0 Å². The Morgan fingerprint density at radius 3 is 2.18 bits per heavy atom. The summed E-state index contributed by atoms with van der Waals surface area (Å²) in [5.74, 6) is -9.13. The maximum absolute atomic E-state index is 13.8. The molecule has 0 saturated heterocycles. The molecule has 7 nitrogen and oxygen atoms in total. The number of hydrogen-bond donors (Lipinski definition) is 2. The molecule has 11 heteroatoms. The van der Waals surface area contributed by atoms with Gasteiger partial charge in [-0.25, -0.2) is 13.6 Å². The molecule has 2 aromatic rings. The highest BCUT2D eigenvalue weighted by Gasteiger charge is 2.28. The van der Waals surface area contributed by atoms with E-state index in [0.717, 1.165) is 0 Å². The Morgan fingerprint density at radius 1 is 0.971 bits per heavy atom.